The van der Waals surface area contributed by atoms with Crippen LogP contribution in [0.4, 0.5) is 8.78 Å². The van der Waals surface area contributed by atoms with Crippen LogP contribution in [0.2, 0.25) is 0 Å². The minimum absolute atomic E-state index is 0.161. The maximum Gasteiger partial charge on any atom is 0.161 e. The first kappa shape index (κ1) is 8.39. The van der Waals surface area contributed by atoms with Gasteiger partial charge in [-0.2, -0.15) is 0 Å². The molecule has 0 saturated carbocycles. The van der Waals surface area contributed by atoms with Crippen molar-refractivity contribution in [2.75, 3.05) is 0 Å². The minimum Gasteiger partial charge on any atom is -0.204 e. The molecule has 0 nitrogen and oxygen atoms in total. The number of hydrogen-bond acceptors (Lipinski definition) is 0. The van der Waals surface area contributed by atoms with Gasteiger partial charge in [-0.1, -0.05) is 19.1 Å². The lowest BCUT2D eigenvalue weighted by molar-refractivity contribution is 0.499. The molecule has 0 amide bonds. The fourth-order valence-corrected chi connectivity index (χ4v) is 1.08. The molecule has 0 aliphatic rings. The van der Waals surface area contributed by atoms with Gasteiger partial charge >= 0.3 is 0 Å². The molecule has 0 N–H and O–H groups in total. The van der Waals surface area contributed by atoms with Gasteiger partial charge < -0.3 is 0 Å². The highest BCUT2D eigenvalue weighted by molar-refractivity contribution is 6.12. The van der Waals surface area contributed by atoms with Crippen LogP contribution in [0.3, 0.4) is 0 Å². The van der Waals surface area contributed by atoms with Crippen molar-refractivity contribution < 1.29 is 8.78 Å². The first-order valence-electron chi connectivity index (χ1n) is 3.28. The van der Waals surface area contributed by atoms with E-state index >= 15 is 0 Å². The second-order valence-electron chi connectivity index (χ2n) is 2.36. The molecule has 1 atom stereocenters. The molecule has 1 aromatic carbocycles. The highest BCUT2D eigenvalue weighted by Gasteiger charge is 2.09. The molecule has 11 heavy (non-hydrogen) atoms. The predicted molar refractivity (Wildman–Crippen MR) is 40.5 cm³/mol. The Bertz CT molecular complexity index is 258. The van der Waals surface area contributed by atoms with E-state index in [1.165, 1.54) is 6.07 Å². The van der Waals surface area contributed by atoms with Gasteiger partial charge in [0.2, 0.25) is 0 Å². The molecule has 0 bridgehead atoms. The number of rotatable bonds is 1. The third-order valence-electron chi connectivity index (χ3n) is 1.45. The van der Waals surface area contributed by atoms with Crippen LogP contribution in [0.25, 0.3) is 0 Å². The van der Waals surface area contributed by atoms with Crippen LogP contribution in [-0.4, -0.2) is 10.2 Å². The normalized spacial score (nSPS) is 13.1. The molecule has 3 heteroatoms. The molecular formula is C8H7F2Si. The molecule has 0 fully saturated rings. The van der Waals surface area contributed by atoms with E-state index in [-0.39, 0.29) is 5.54 Å². The van der Waals surface area contributed by atoms with Crippen molar-refractivity contribution in [2.24, 2.45) is 0 Å². The summed E-state index contributed by atoms with van der Waals surface area (Å²) in [7, 11) is 3.21. The molecule has 1 aromatic rings. The zero-order valence-electron chi connectivity index (χ0n) is 6.07. The monoisotopic (exact) mass is 169 g/mol. The Morgan fingerprint density at radius 2 is 2.00 bits per heavy atom. The summed E-state index contributed by atoms with van der Waals surface area (Å²) in [5.74, 6) is -1.57. The Balaban J connectivity index is 3.17. The molecule has 0 aliphatic heterocycles. The summed E-state index contributed by atoms with van der Waals surface area (Å²) >= 11 is 0. The zero-order chi connectivity index (χ0) is 8.43. The maximum atomic E-state index is 12.8. The van der Waals surface area contributed by atoms with Crippen LogP contribution in [0, 0.1) is 11.6 Å². The zero-order valence-corrected chi connectivity index (χ0v) is 7.07. The third-order valence-corrected chi connectivity index (χ3v) is 1.76. The molecule has 0 aliphatic carbocycles. The summed E-state index contributed by atoms with van der Waals surface area (Å²) in [5, 5.41) is 0. The standard InChI is InChI=1S/C8H7F2Si/c1-5(11)6-3-2-4-7(9)8(6)10/h2-5H,1H3. The predicted octanol–water partition coefficient (Wildman–Crippen LogP) is 2.19. The molecule has 57 valence electrons. The van der Waals surface area contributed by atoms with E-state index in [1.54, 1.807) is 13.0 Å². The summed E-state index contributed by atoms with van der Waals surface area (Å²) in [4.78, 5) is 0. The quantitative estimate of drug-likeness (QED) is 0.565. The summed E-state index contributed by atoms with van der Waals surface area (Å²) in [5.41, 5.74) is 0.187. The summed E-state index contributed by atoms with van der Waals surface area (Å²) in [6, 6.07) is 4.15. The molecule has 0 heterocycles. The van der Waals surface area contributed by atoms with E-state index in [9.17, 15) is 8.78 Å². The first-order chi connectivity index (χ1) is 5.13. The maximum absolute atomic E-state index is 12.8. The van der Waals surface area contributed by atoms with Crippen molar-refractivity contribution in [3.05, 3.63) is 35.4 Å². The van der Waals surface area contributed by atoms with Crippen LogP contribution in [0.15, 0.2) is 18.2 Å². The highest BCUT2D eigenvalue weighted by atomic mass is 28.1. The molecule has 3 radical (unpaired) electrons. The van der Waals surface area contributed by atoms with Crippen LogP contribution < -0.4 is 0 Å². The summed E-state index contributed by atoms with van der Waals surface area (Å²) < 4.78 is 25.4. The summed E-state index contributed by atoms with van der Waals surface area (Å²) in [6.07, 6.45) is 0. The summed E-state index contributed by atoms with van der Waals surface area (Å²) in [6.45, 7) is 1.74. The Morgan fingerprint density at radius 1 is 1.36 bits per heavy atom. The molecular weight excluding hydrogens is 162 g/mol. The third kappa shape index (κ3) is 1.65. The molecule has 0 aromatic heterocycles. The van der Waals surface area contributed by atoms with Gasteiger partial charge in [-0.15, -0.1) is 0 Å². The van der Waals surface area contributed by atoms with E-state index in [1.807, 2.05) is 0 Å². The Hall–Kier alpha value is -0.703. The van der Waals surface area contributed by atoms with Gasteiger partial charge in [0.05, 0.1) is 0 Å². The highest BCUT2D eigenvalue weighted by Crippen LogP contribution is 2.17. The first-order valence-corrected chi connectivity index (χ1v) is 3.85. The van der Waals surface area contributed by atoms with Crippen molar-refractivity contribution in [1.29, 1.82) is 0 Å². The average molecular weight is 169 g/mol. The van der Waals surface area contributed by atoms with Crippen LogP contribution in [0.5, 0.6) is 0 Å². The van der Waals surface area contributed by atoms with Gasteiger partial charge in [0.1, 0.15) is 0 Å². The molecule has 0 spiro atoms. The van der Waals surface area contributed by atoms with Crippen molar-refractivity contribution >= 4 is 10.2 Å². The second kappa shape index (κ2) is 3.13. The lowest BCUT2D eigenvalue weighted by atomic mass is 10.1. The van der Waals surface area contributed by atoms with Crippen LogP contribution in [0.1, 0.15) is 18.0 Å². The van der Waals surface area contributed by atoms with Crippen molar-refractivity contribution in [3.8, 4) is 0 Å². The SMILES string of the molecule is CC([Si])c1cccc(F)c1F. The van der Waals surface area contributed by atoms with Gasteiger partial charge in [-0.05, 0) is 17.2 Å². The fraction of sp³-hybridized carbons (Fsp3) is 0.250. The van der Waals surface area contributed by atoms with E-state index in [0.717, 1.165) is 6.07 Å². The number of benzene rings is 1. The van der Waals surface area contributed by atoms with E-state index in [4.69, 9.17) is 0 Å². The second-order valence-corrected chi connectivity index (χ2v) is 3.23. The van der Waals surface area contributed by atoms with Gasteiger partial charge in [0, 0.05) is 10.2 Å². The van der Waals surface area contributed by atoms with E-state index in [2.05, 4.69) is 10.2 Å². The lowest BCUT2D eigenvalue weighted by Crippen LogP contribution is -1.98. The minimum atomic E-state index is -0.799. The average Bonchev–Trinajstić information content (AvgIpc) is 1.94. The van der Waals surface area contributed by atoms with Crippen molar-refractivity contribution in [1.82, 2.24) is 0 Å². The van der Waals surface area contributed by atoms with Crippen LogP contribution in [-0.2, 0) is 0 Å². The number of hydrogen-bond donors (Lipinski definition) is 0. The topological polar surface area (TPSA) is 0 Å². The fourth-order valence-electron chi connectivity index (χ4n) is 0.855. The van der Waals surface area contributed by atoms with E-state index in [0.29, 0.717) is 5.56 Å². The largest absolute Gasteiger partial charge is 0.204 e. The molecule has 1 rings (SSSR count). The lowest BCUT2D eigenvalue weighted by Gasteiger charge is -2.05. The Labute approximate surface area is 67.7 Å². The van der Waals surface area contributed by atoms with E-state index < -0.39 is 11.6 Å². The smallest absolute Gasteiger partial charge is 0.161 e. The van der Waals surface area contributed by atoms with Crippen molar-refractivity contribution in [2.45, 2.75) is 12.5 Å². The molecule has 1 unspecified atom stereocenters. The van der Waals surface area contributed by atoms with Gasteiger partial charge in [0.15, 0.2) is 11.6 Å². The van der Waals surface area contributed by atoms with Gasteiger partial charge in [0.25, 0.3) is 0 Å². The van der Waals surface area contributed by atoms with Crippen LogP contribution >= 0.6 is 0 Å². The number of halogens is 2. The van der Waals surface area contributed by atoms with Gasteiger partial charge in [-0.25, -0.2) is 8.78 Å². The van der Waals surface area contributed by atoms with Crippen molar-refractivity contribution in [3.63, 3.8) is 0 Å². The Kier molecular flexibility index (Phi) is 2.39. The molecule has 0 saturated heterocycles. The van der Waals surface area contributed by atoms with Gasteiger partial charge in [-0.3, -0.25) is 0 Å². The Morgan fingerprint density at radius 3 is 2.45 bits per heavy atom.